The van der Waals surface area contributed by atoms with E-state index in [1.165, 1.54) is 18.2 Å². The Morgan fingerprint density at radius 3 is 2.17 bits per heavy atom. The second kappa shape index (κ2) is 8.92. The Morgan fingerprint density at radius 2 is 1.54 bits per heavy atom. The van der Waals surface area contributed by atoms with Gasteiger partial charge in [-0.1, -0.05) is 46.9 Å². The Bertz CT molecular complexity index is 712. The normalized spacial score (nSPS) is 10.3. The van der Waals surface area contributed by atoms with Crippen molar-refractivity contribution in [3.63, 3.8) is 0 Å². The minimum absolute atomic E-state index is 0.196. The van der Waals surface area contributed by atoms with Gasteiger partial charge in [0.05, 0.1) is 5.56 Å². The highest BCUT2D eigenvalue weighted by Crippen LogP contribution is 2.19. The summed E-state index contributed by atoms with van der Waals surface area (Å²) in [5, 5.41) is 3.98. The maximum Gasteiger partial charge on any atom is 0.338 e. The lowest BCUT2D eigenvalue weighted by Gasteiger charge is -2.07. The van der Waals surface area contributed by atoms with Crippen molar-refractivity contribution in [2.75, 3.05) is 13.2 Å². The summed E-state index contributed by atoms with van der Waals surface area (Å²) in [7, 11) is 0. The lowest BCUT2D eigenvalue weighted by molar-refractivity contribution is -0.124. The Kier molecular flexibility index (Phi) is 6.91. The van der Waals surface area contributed by atoms with E-state index in [0.29, 0.717) is 28.0 Å². The Labute approximate surface area is 154 Å². The van der Waals surface area contributed by atoms with E-state index in [0.717, 1.165) is 5.56 Å². The summed E-state index contributed by atoms with van der Waals surface area (Å²) in [5.74, 6) is -1.04. The SMILES string of the molecule is O=C(COC(=O)c1cc(Cl)cc(Cl)c1)NCCc1ccc(Cl)cc1. The molecule has 1 N–H and O–H groups in total. The van der Waals surface area contributed by atoms with E-state index in [1.807, 2.05) is 12.1 Å². The van der Waals surface area contributed by atoms with Crippen LogP contribution in [-0.4, -0.2) is 25.0 Å². The van der Waals surface area contributed by atoms with Crippen molar-refractivity contribution in [3.8, 4) is 0 Å². The van der Waals surface area contributed by atoms with Crippen LogP contribution in [0, 0.1) is 0 Å². The molecule has 0 radical (unpaired) electrons. The molecular formula is C17H14Cl3NO3. The van der Waals surface area contributed by atoms with Crippen molar-refractivity contribution in [3.05, 3.63) is 68.7 Å². The number of hydrogen-bond donors (Lipinski definition) is 1. The average molecular weight is 387 g/mol. The van der Waals surface area contributed by atoms with Crippen LogP contribution < -0.4 is 5.32 Å². The fourth-order valence-electron chi connectivity index (χ4n) is 1.93. The molecular weight excluding hydrogens is 373 g/mol. The van der Waals surface area contributed by atoms with Crippen LogP contribution in [0.5, 0.6) is 0 Å². The number of carbonyl (C=O) groups is 2. The molecule has 0 aliphatic carbocycles. The van der Waals surface area contributed by atoms with Crippen molar-refractivity contribution < 1.29 is 14.3 Å². The molecule has 2 aromatic carbocycles. The molecule has 0 saturated carbocycles. The monoisotopic (exact) mass is 385 g/mol. The number of carbonyl (C=O) groups excluding carboxylic acids is 2. The van der Waals surface area contributed by atoms with Crippen molar-refractivity contribution in [2.45, 2.75) is 6.42 Å². The van der Waals surface area contributed by atoms with E-state index in [9.17, 15) is 9.59 Å². The van der Waals surface area contributed by atoms with Gasteiger partial charge in [-0.25, -0.2) is 4.79 Å². The zero-order chi connectivity index (χ0) is 17.5. The Morgan fingerprint density at radius 1 is 0.917 bits per heavy atom. The van der Waals surface area contributed by atoms with Gasteiger partial charge in [0.25, 0.3) is 5.91 Å². The number of rotatable bonds is 6. The topological polar surface area (TPSA) is 55.4 Å². The predicted octanol–water partition coefficient (Wildman–Crippen LogP) is 4.16. The number of esters is 1. The first kappa shape index (κ1) is 18.6. The van der Waals surface area contributed by atoms with Crippen LogP contribution in [0.1, 0.15) is 15.9 Å². The maximum atomic E-state index is 11.8. The molecule has 0 unspecified atom stereocenters. The van der Waals surface area contributed by atoms with E-state index in [2.05, 4.69) is 5.32 Å². The third-order valence-corrected chi connectivity index (χ3v) is 3.77. The van der Waals surface area contributed by atoms with Crippen LogP contribution in [0.25, 0.3) is 0 Å². The Balaban J connectivity index is 1.74. The highest BCUT2D eigenvalue weighted by Gasteiger charge is 2.11. The largest absolute Gasteiger partial charge is 0.452 e. The molecule has 0 bridgehead atoms. The van der Waals surface area contributed by atoms with E-state index in [4.69, 9.17) is 39.5 Å². The maximum absolute atomic E-state index is 11.8. The van der Waals surface area contributed by atoms with Crippen LogP contribution in [-0.2, 0) is 16.0 Å². The zero-order valence-electron chi connectivity index (χ0n) is 12.5. The highest BCUT2D eigenvalue weighted by atomic mass is 35.5. The van der Waals surface area contributed by atoms with Crippen molar-refractivity contribution in [1.29, 1.82) is 0 Å². The molecule has 4 nitrogen and oxygen atoms in total. The first-order chi connectivity index (χ1) is 11.4. The second-order valence-electron chi connectivity index (χ2n) is 4.96. The average Bonchev–Trinajstić information content (AvgIpc) is 2.53. The fraction of sp³-hybridized carbons (Fsp3) is 0.176. The molecule has 0 saturated heterocycles. The van der Waals surface area contributed by atoms with E-state index in [1.54, 1.807) is 12.1 Å². The molecule has 2 rings (SSSR count). The summed E-state index contributed by atoms with van der Waals surface area (Å²) in [5.41, 5.74) is 1.24. The summed E-state index contributed by atoms with van der Waals surface area (Å²) in [6.45, 7) is 0.0601. The number of nitrogens with one attached hydrogen (secondary N) is 1. The first-order valence-corrected chi connectivity index (χ1v) is 8.22. The van der Waals surface area contributed by atoms with Gasteiger partial charge in [0.15, 0.2) is 6.61 Å². The first-order valence-electron chi connectivity index (χ1n) is 7.08. The van der Waals surface area contributed by atoms with Crippen molar-refractivity contribution in [2.24, 2.45) is 0 Å². The van der Waals surface area contributed by atoms with Gasteiger partial charge in [-0.15, -0.1) is 0 Å². The molecule has 24 heavy (non-hydrogen) atoms. The van der Waals surface area contributed by atoms with Gasteiger partial charge in [-0.05, 0) is 42.3 Å². The van der Waals surface area contributed by atoms with Gasteiger partial charge in [-0.3, -0.25) is 4.79 Å². The van der Waals surface area contributed by atoms with Crippen LogP contribution in [0.3, 0.4) is 0 Å². The quantitative estimate of drug-likeness (QED) is 0.758. The van der Waals surface area contributed by atoms with E-state index in [-0.39, 0.29) is 18.1 Å². The number of hydrogen-bond acceptors (Lipinski definition) is 3. The number of benzene rings is 2. The molecule has 126 valence electrons. The fourth-order valence-corrected chi connectivity index (χ4v) is 2.59. The Hall–Kier alpha value is -1.75. The molecule has 0 atom stereocenters. The number of ether oxygens (including phenoxy) is 1. The molecule has 7 heteroatoms. The van der Waals surface area contributed by atoms with Gasteiger partial charge in [0.1, 0.15) is 0 Å². The third kappa shape index (κ3) is 6.04. The van der Waals surface area contributed by atoms with Crippen molar-refractivity contribution >= 4 is 46.7 Å². The van der Waals surface area contributed by atoms with Crippen LogP contribution in [0.15, 0.2) is 42.5 Å². The molecule has 0 heterocycles. The predicted molar refractivity (Wildman–Crippen MR) is 94.9 cm³/mol. The minimum atomic E-state index is -0.660. The molecule has 0 fully saturated rings. The van der Waals surface area contributed by atoms with Crippen LogP contribution in [0.2, 0.25) is 15.1 Å². The van der Waals surface area contributed by atoms with Gasteiger partial charge in [-0.2, -0.15) is 0 Å². The molecule has 0 spiro atoms. The van der Waals surface area contributed by atoms with Gasteiger partial charge >= 0.3 is 5.97 Å². The van der Waals surface area contributed by atoms with E-state index < -0.39 is 5.97 Å². The standard InChI is InChI=1S/C17H14Cl3NO3/c18-13-3-1-11(2-4-13)5-6-21-16(22)10-24-17(23)12-7-14(19)9-15(20)8-12/h1-4,7-9H,5-6,10H2,(H,21,22). The van der Waals surface area contributed by atoms with Gasteiger partial charge in [0, 0.05) is 21.6 Å². The van der Waals surface area contributed by atoms with Crippen LogP contribution >= 0.6 is 34.8 Å². The molecule has 2 aromatic rings. The second-order valence-corrected chi connectivity index (χ2v) is 6.27. The molecule has 0 aromatic heterocycles. The summed E-state index contributed by atoms with van der Waals surface area (Å²) >= 11 is 17.4. The smallest absolute Gasteiger partial charge is 0.338 e. The van der Waals surface area contributed by atoms with Crippen molar-refractivity contribution in [1.82, 2.24) is 5.32 Å². The molecule has 0 aliphatic rings. The lowest BCUT2D eigenvalue weighted by atomic mass is 10.1. The van der Waals surface area contributed by atoms with Crippen LogP contribution in [0.4, 0.5) is 0 Å². The van der Waals surface area contributed by atoms with E-state index >= 15 is 0 Å². The van der Waals surface area contributed by atoms with Gasteiger partial charge in [0.2, 0.25) is 0 Å². The highest BCUT2D eigenvalue weighted by molar-refractivity contribution is 6.35. The van der Waals surface area contributed by atoms with Gasteiger partial charge < -0.3 is 10.1 Å². The summed E-state index contributed by atoms with van der Waals surface area (Å²) < 4.78 is 4.93. The zero-order valence-corrected chi connectivity index (χ0v) is 14.8. The minimum Gasteiger partial charge on any atom is -0.452 e. The summed E-state index contributed by atoms with van der Waals surface area (Å²) in [4.78, 5) is 23.5. The number of halogens is 3. The molecule has 0 aliphatic heterocycles. The summed E-state index contributed by atoms with van der Waals surface area (Å²) in [6, 6.07) is 11.7. The third-order valence-electron chi connectivity index (χ3n) is 3.08. The lowest BCUT2D eigenvalue weighted by Crippen LogP contribution is -2.30. The summed E-state index contributed by atoms with van der Waals surface area (Å²) in [6.07, 6.45) is 0.654. The number of amides is 1. The molecule has 1 amide bonds.